The van der Waals surface area contributed by atoms with E-state index in [9.17, 15) is 4.79 Å². The lowest BCUT2D eigenvalue weighted by molar-refractivity contribution is 0.0982. The van der Waals surface area contributed by atoms with Gasteiger partial charge in [-0.1, -0.05) is 18.2 Å². The van der Waals surface area contributed by atoms with Crippen LogP contribution in [0, 0.1) is 13.8 Å². The standard InChI is InChI=1S/C16H20N4O/c1-10-15(11(2)19-18-10)16(21)20-9-8-13(17-3)12-6-4-5-7-14(12)20/h4-7,13,17H,8-9H2,1-3H3,(H,18,19). The SMILES string of the molecule is CNC1CCN(C(=O)c2c(C)n[nH]c2C)c2ccccc21. The summed E-state index contributed by atoms with van der Waals surface area (Å²) in [5.41, 5.74) is 4.44. The van der Waals surface area contributed by atoms with Crippen LogP contribution in [-0.4, -0.2) is 29.7 Å². The van der Waals surface area contributed by atoms with Gasteiger partial charge in [-0.25, -0.2) is 0 Å². The molecule has 1 aromatic carbocycles. The first-order chi connectivity index (χ1) is 10.1. The largest absolute Gasteiger partial charge is 0.313 e. The Morgan fingerprint density at radius 1 is 1.38 bits per heavy atom. The normalized spacial score (nSPS) is 17.7. The molecule has 0 spiro atoms. The van der Waals surface area contributed by atoms with Gasteiger partial charge in [0.15, 0.2) is 0 Å². The monoisotopic (exact) mass is 284 g/mol. The van der Waals surface area contributed by atoms with Crippen LogP contribution in [0.5, 0.6) is 0 Å². The van der Waals surface area contributed by atoms with Crippen molar-refractivity contribution in [2.45, 2.75) is 26.3 Å². The van der Waals surface area contributed by atoms with Crippen LogP contribution in [0.15, 0.2) is 24.3 Å². The summed E-state index contributed by atoms with van der Waals surface area (Å²) in [5.74, 6) is 0.0285. The average Bonchev–Trinajstić information content (AvgIpc) is 2.84. The van der Waals surface area contributed by atoms with Crippen molar-refractivity contribution < 1.29 is 4.79 Å². The fourth-order valence-corrected chi connectivity index (χ4v) is 3.07. The predicted octanol–water partition coefficient (Wildman–Crippen LogP) is 2.34. The van der Waals surface area contributed by atoms with Gasteiger partial charge in [-0.3, -0.25) is 9.89 Å². The summed E-state index contributed by atoms with van der Waals surface area (Å²) in [7, 11) is 1.96. The van der Waals surface area contributed by atoms with Crippen LogP contribution < -0.4 is 10.2 Å². The molecular weight excluding hydrogens is 264 g/mol. The third-order valence-electron chi connectivity index (χ3n) is 4.18. The quantitative estimate of drug-likeness (QED) is 0.890. The van der Waals surface area contributed by atoms with Gasteiger partial charge in [0.2, 0.25) is 0 Å². The molecule has 2 N–H and O–H groups in total. The van der Waals surface area contributed by atoms with E-state index >= 15 is 0 Å². The zero-order chi connectivity index (χ0) is 15.0. The second-order valence-electron chi connectivity index (χ2n) is 5.45. The number of carbonyl (C=O) groups excluding carboxylic acids is 1. The molecule has 21 heavy (non-hydrogen) atoms. The van der Waals surface area contributed by atoms with E-state index in [-0.39, 0.29) is 5.91 Å². The van der Waals surface area contributed by atoms with E-state index in [1.54, 1.807) is 0 Å². The summed E-state index contributed by atoms with van der Waals surface area (Å²) in [6.07, 6.45) is 0.912. The molecule has 2 aromatic rings. The topological polar surface area (TPSA) is 61.0 Å². The van der Waals surface area contributed by atoms with Crippen LogP contribution in [0.4, 0.5) is 5.69 Å². The predicted molar refractivity (Wildman–Crippen MR) is 82.6 cm³/mol. The van der Waals surface area contributed by atoms with E-state index in [4.69, 9.17) is 0 Å². The molecule has 1 unspecified atom stereocenters. The van der Waals surface area contributed by atoms with Gasteiger partial charge in [0.25, 0.3) is 5.91 Å². The average molecular weight is 284 g/mol. The highest BCUT2D eigenvalue weighted by atomic mass is 16.2. The number of nitrogens with one attached hydrogen (secondary N) is 2. The summed E-state index contributed by atoms with van der Waals surface area (Å²) < 4.78 is 0. The number of carbonyl (C=O) groups is 1. The number of aryl methyl sites for hydroxylation is 2. The first kappa shape index (κ1) is 13.8. The van der Waals surface area contributed by atoms with Crippen molar-refractivity contribution in [2.24, 2.45) is 0 Å². The summed E-state index contributed by atoms with van der Waals surface area (Å²) >= 11 is 0. The second kappa shape index (κ2) is 5.33. The number of aromatic nitrogens is 2. The van der Waals surface area contributed by atoms with Crippen LogP contribution in [0.3, 0.4) is 0 Å². The molecule has 3 rings (SSSR count). The number of rotatable bonds is 2. The van der Waals surface area contributed by atoms with Gasteiger partial charge in [-0.2, -0.15) is 5.10 Å². The Kier molecular flexibility index (Phi) is 3.51. The number of fused-ring (bicyclic) bond motifs is 1. The maximum Gasteiger partial charge on any atom is 0.262 e. The molecule has 1 aromatic heterocycles. The van der Waals surface area contributed by atoms with E-state index in [1.807, 2.05) is 44.0 Å². The van der Waals surface area contributed by atoms with Gasteiger partial charge < -0.3 is 10.2 Å². The van der Waals surface area contributed by atoms with Gasteiger partial charge in [0, 0.05) is 24.0 Å². The molecule has 1 aliphatic rings. The molecule has 0 bridgehead atoms. The number of hydrogen-bond acceptors (Lipinski definition) is 3. The zero-order valence-corrected chi connectivity index (χ0v) is 12.6. The number of aromatic amines is 1. The highest BCUT2D eigenvalue weighted by Crippen LogP contribution is 2.34. The molecule has 0 fully saturated rings. The van der Waals surface area contributed by atoms with Gasteiger partial charge in [-0.15, -0.1) is 0 Å². The van der Waals surface area contributed by atoms with Gasteiger partial charge >= 0.3 is 0 Å². The Labute approximate surface area is 124 Å². The Morgan fingerprint density at radius 2 is 2.14 bits per heavy atom. The van der Waals surface area contributed by atoms with E-state index in [2.05, 4.69) is 21.6 Å². The minimum atomic E-state index is 0.0285. The third kappa shape index (κ3) is 2.23. The number of H-pyrrole nitrogens is 1. The van der Waals surface area contributed by atoms with E-state index in [0.29, 0.717) is 18.2 Å². The van der Waals surface area contributed by atoms with Gasteiger partial charge in [0.05, 0.1) is 11.3 Å². The van der Waals surface area contributed by atoms with Crippen LogP contribution in [0.2, 0.25) is 0 Å². The Bertz CT molecular complexity index is 657. The summed E-state index contributed by atoms with van der Waals surface area (Å²) in [6, 6.07) is 8.40. The van der Waals surface area contributed by atoms with Crippen molar-refractivity contribution in [3.05, 3.63) is 46.8 Å². The van der Waals surface area contributed by atoms with E-state index < -0.39 is 0 Å². The molecule has 0 saturated carbocycles. The van der Waals surface area contributed by atoms with Crippen LogP contribution >= 0.6 is 0 Å². The Balaban J connectivity index is 2.02. The molecule has 2 heterocycles. The second-order valence-corrected chi connectivity index (χ2v) is 5.45. The lowest BCUT2D eigenvalue weighted by atomic mass is 9.95. The van der Waals surface area contributed by atoms with Crippen LogP contribution in [0.1, 0.15) is 39.8 Å². The Morgan fingerprint density at radius 3 is 2.81 bits per heavy atom. The number of para-hydroxylation sites is 1. The third-order valence-corrected chi connectivity index (χ3v) is 4.18. The number of amides is 1. The number of hydrogen-bond donors (Lipinski definition) is 2. The van der Waals surface area contributed by atoms with Crippen molar-refractivity contribution in [2.75, 3.05) is 18.5 Å². The van der Waals surface area contributed by atoms with Gasteiger partial charge in [-0.05, 0) is 38.9 Å². The van der Waals surface area contributed by atoms with Crippen molar-refractivity contribution >= 4 is 11.6 Å². The van der Waals surface area contributed by atoms with Gasteiger partial charge in [0.1, 0.15) is 0 Å². The summed E-state index contributed by atoms with van der Waals surface area (Å²) in [6.45, 7) is 4.47. The molecule has 1 aliphatic heterocycles. The summed E-state index contributed by atoms with van der Waals surface area (Å²) in [5, 5.41) is 10.3. The molecule has 110 valence electrons. The molecule has 5 heteroatoms. The molecule has 0 radical (unpaired) electrons. The number of anilines is 1. The molecule has 5 nitrogen and oxygen atoms in total. The lowest BCUT2D eigenvalue weighted by Gasteiger charge is -2.34. The maximum absolute atomic E-state index is 12.9. The number of nitrogens with zero attached hydrogens (tertiary/aromatic N) is 2. The highest BCUT2D eigenvalue weighted by Gasteiger charge is 2.30. The number of benzene rings is 1. The van der Waals surface area contributed by atoms with Crippen LogP contribution in [-0.2, 0) is 0 Å². The summed E-state index contributed by atoms with van der Waals surface area (Å²) in [4.78, 5) is 14.8. The Hall–Kier alpha value is -2.14. The molecule has 0 aliphatic carbocycles. The molecule has 0 saturated heterocycles. The minimum absolute atomic E-state index is 0.0285. The molecule has 1 amide bonds. The van der Waals surface area contributed by atoms with Crippen molar-refractivity contribution in [3.8, 4) is 0 Å². The van der Waals surface area contributed by atoms with E-state index in [1.165, 1.54) is 5.56 Å². The fraction of sp³-hybridized carbons (Fsp3) is 0.375. The zero-order valence-electron chi connectivity index (χ0n) is 12.6. The highest BCUT2D eigenvalue weighted by molar-refractivity contribution is 6.08. The molecule has 1 atom stereocenters. The molecular formula is C16H20N4O. The lowest BCUT2D eigenvalue weighted by Crippen LogP contribution is -2.39. The minimum Gasteiger partial charge on any atom is -0.313 e. The fourth-order valence-electron chi connectivity index (χ4n) is 3.07. The van der Waals surface area contributed by atoms with E-state index in [0.717, 1.165) is 23.5 Å². The van der Waals surface area contributed by atoms with Crippen molar-refractivity contribution in [3.63, 3.8) is 0 Å². The maximum atomic E-state index is 12.9. The first-order valence-corrected chi connectivity index (χ1v) is 7.23. The van der Waals surface area contributed by atoms with Crippen molar-refractivity contribution in [1.29, 1.82) is 0 Å². The van der Waals surface area contributed by atoms with Crippen molar-refractivity contribution in [1.82, 2.24) is 15.5 Å². The van der Waals surface area contributed by atoms with Crippen LogP contribution in [0.25, 0.3) is 0 Å². The first-order valence-electron chi connectivity index (χ1n) is 7.23. The smallest absolute Gasteiger partial charge is 0.262 e.